The predicted octanol–water partition coefficient (Wildman–Crippen LogP) is 4.67. The highest BCUT2D eigenvalue weighted by Gasteiger charge is 2.45. The van der Waals surface area contributed by atoms with Gasteiger partial charge in [-0.15, -0.1) is 11.3 Å². The molecule has 0 spiro atoms. The van der Waals surface area contributed by atoms with Gasteiger partial charge < -0.3 is 45.2 Å². The Morgan fingerprint density at radius 1 is 1.12 bits per heavy atom. The molecule has 72 heavy (non-hydrogen) atoms. The average molecular weight is 1000 g/mol. The highest BCUT2D eigenvalue weighted by Crippen LogP contribution is 2.48. The second-order valence-corrected chi connectivity index (χ2v) is 20.8. The number of nitrogen functional groups attached to an aromatic ring is 1. The summed E-state index contributed by atoms with van der Waals surface area (Å²) in [5.41, 5.74) is 8.68. The van der Waals surface area contributed by atoms with Crippen LogP contribution >= 0.6 is 11.3 Å². The number of hydrogen-bond acceptors (Lipinski definition) is 19. The molecule has 9 rings (SSSR count). The number of nitrogens with two attached hydrogens (primary N) is 1. The molecule has 22 nitrogen and oxygen atoms in total. The van der Waals surface area contributed by atoms with E-state index in [9.17, 15) is 25.1 Å². The number of phenolic OH excluding ortho intramolecular Hbond substituents is 1. The van der Waals surface area contributed by atoms with Gasteiger partial charge in [-0.05, 0) is 97.4 Å². The third-order valence-electron chi connectivity index (χ3n) is 14.1. The van der Waals surface area contributed by atoms with Crippen LogP contribution < -0.4 is 20.7 Å². The van der Waals surface area contributed by atoms with Gasteiger partial charge >= 0.3 is 0 Å². The van der Waals surface area contributed by atoms with E-state index >= 15 is 0 Å². The van der Waals surface area contributed by atoms with Gasteiger partial charge in [-0.25, -0.2) is 24.3 Å². The van der Waals surface area contributed by atoms with Crippen LogP contribution in [0, 0.1) is 24.2 Å². The Kier molecular flexibility index (Phi) is 14.5. The van der Waals surface area contributed by atoms with Gasteiger partial charge in [-0.2, -0.15) is 15.3 Å². The largest absolute Gasteiger partial charge is 0.508 e. The van der Waals surface area contributed by atoms with Crippen LogP contribution in [0.3, 0.4) is 0 Å². The number of carbonyl (C=O) groups excluding carboxylic acids is 2. The number of anilines is 2. The maximum Gasteiger partial charge on any atom is 0.253 e. The van der Waals surface area contributed by atoms with Gasteiger partial charge in [0.2, 0.25) is 29.5 Å². The number of aliphatic hydroxyl groups excluding tert-OH is 1. The van der Waals surface area contributed by atoms with Crippen LogP contribution in [0.15, 0.2) is 47.5 Å². The fourth-order valence-electron chi connectivity index (χ4n) is 10.4. The van der Waals surface area contributed by atoms with Gasteiger partial charge in [0.05, 0.1) is 41.6 Å². The first-order chi connectivity index (χ1) is 34.6. The van der Waals surface area contributed by atoms with Gasteiger partial charge in [-0.1, -0.05) is 35.4 Å². The topological polar surface area (TPSA) is 282 Å². The first-order valence-electron chi connectivity index (χ1n) is 24.6. The molecule has 0 radical (unpaired) electrons. The molecule has 0 bridgehead atoms. The molecule has 2 amide bonds. The number of aliphatic hydroxyl groups is 1. The van der Waals surface area contributed by atoms with Gasteiger partial charge in [0, 0.05) is 60.4 Å². The Labute approximate surface area is 421 Å². The van der Waals surface area contributed by atoms with Crippen molar-refractivity contribution in [1.29, 1.82) is 5.26 Å². The zero-order valence-electron chi connectivity index (χ0n) is 41.5. The quantitative estimate of drug-likeness (QED) is 0.0959. The van der Waals surface area contributed by atoms with Crippen LogP contribution in [0.25, 0.3) is 17.2 Å². The fourth-order valence-corrected chi connectivity index (χ4v) is 11.6. The molecule has 7 heterocycles. The first kappa shape index (κ1) is 49.9. The maximum absolute atomic E-state index is 14.2. The van der Waals surface area contributed by atoms with E-state index < -0.39 is 35.6 Å². The van der Waals surface area contributed by atoms with Gasteiger partial charge in [0.15, 0.2) is 0 Å². The Balaban J connectivity index is 0.753. The summed E-state index contributed by atoms with van der Waals surface area (Å²) in [6.45, 7) is 15.3. The highest BCUT2D eigenvalue weighted by atomic mass is 32.1. The molecule has 0 saturated carbocycles. The summed E-state index contributed by atoms with van der Waals surface area (Å²) in [6, 6.07) is 6.90. The molecular weight excluding hydrogens is 941 g/mol. The molecule has 6 aromatic rings. The lowest BCUT2D eigenvalue weighted by Crippen LogP contribution is -2.49. The monoisotopic (exact) mass is 1000 g/mol. The standard InChI is InChI=1S/C49H62N16O6S/c1-28(2)42(46(69)63-25-33(66)22-37(63)45(68)54-30(4)34-13-12-32(21-38(34)67)65-27-53-31(5)58-65)64-26-40(57-60-64)70-20-8-7-17-61-18-10-19-62(29(3)24-61)48-52-16-14-36(55-48)44-56-47(71-59-44)49(6)15-9-11-39-41(49)35(23-50)43(51)72-39/h12-14,16,21,26-30,33,37,42,66-67H,7-11,15,17-20,22,24-25,51H2,1-6H3,(H,54,68)/t29-,30-,33+,37-,42-,49-/m0/s1. The number of ether oxygens (including phenoxy) is 1. The minimum Gasteiger partial charge on any atom is -0.508 e. The number of nitriles is 1. The smallest absolute Gasteiger partial charge is 0.253 e. The number of likely N-dealkylation sites (tertiary alicyclic amines) is 1. The number of hydrogen-bond donors (Lipinski definition) is 4. The number of benzene rings is 1. The number of rotatable bonds is 16. The zero-order valence-corrected chi connectivity index (χ0v) is 42.3. The Morgan fingerprint density at radius 3 is 2.72 bits per heavy atom. The van der Waals surface area contributed by atoms with Crippen molar-refractivity contribution in [1.82, 2.24) is 65.0 Å². The molecule has 5 aromatic heterocycles. The SMILES string of the molecule is Cc1ncn(-c2ccc([C@H](C)NC(=O)[C@@H]3C[C@@H](O)CN3C(=O)[C@H](C(C)C)n3cc(OCCCCN4CCCN(c5nccc(-c6noc([C@@]7(C)CCCc8sc(N)c(C#N)c87)n6)n5)[C@@H](C)C4)nn3)c(O)c2)n1. The number of aryl methyl sites for hydroxylation is 2. The number of phenols is 1. The minimum atomic E-state index is -0.935. The van der Waals surface area contributed by atoms with Crippen LogP contribution in [0.2, 0.25) is 0 Å². The number of nitrogens with one attached hydrogen (secondary N) is 1. The van der Waals surface area contributed by atoms with Crippen LogP contribution in [0.5, 0.6) is 11.6 Å². The number of β-amino-alcohol motifs (C(OH)–C–C–N with tert-alkyl or cyclic N) is 1. The number of aromatic nitrogens is 10. The summed E-state index contributed by atoms with van der Waals surface area (Å²) in [6.07, 6.45) is 9.21. The Bertz CT molecular complexity index is 2940. The normalized spacial score (nSPS) is 21.3. The van der Waals surface area contributed by atoms with Gasteiger partial charge in [-0.3, -0.25) is 9.59 Å². The third-order valence-corrected chi connectivity index (χ3v) is 15.1. The molecule has 380 valence electrons. The van der Waals surface area contributed by atoms with E-state index in [2.05, 4.69) is 58.6 Å². The van der Waals surface area contributed by atoms with Gasteiger partial charge in [0.1, 0.15) is 46.7 Å². The molecule has 2 aliphatic heterocycles. The molecular formula is C49H62N16O6S. The predicted molar refractivity (Wildman–Crippen MR) is 265 cm³/mol. The van der Waals surface area contributed by atoms with Crippen LogP contribution in [-0.4, -0.2) is 139 Å². The molecule has 2 saturated heterocycles. The third kappa shape index (κ3) is 10.2. The minimum absolute atomic E-state index is 0.0122. The van der Waals surface area contributed by atoms with Crippen molar-refractivity contribution in [2.45, 2.75) is 122 Å². The zero-order chi connectivity index (χ0) is 50.8. The second-order valence-electron chi connectivity index (χ2n) is 19.7. The van der Waals surface area contributed by atoms with E-state index in [1.807, 2.05) is 20.8 Å². The molecule has 1 aromatic carbocycles. The number of fused-ring (bicyclic) bond motifs is 1. The molecule has 23 heteroatoms. The van der Waals surface area contributed by atoms with Crippen LogP contribution in [-0.2, 0) is 21.4 Å². The van der Waals surface area contributed by atoms with Crippen molar-refractivity contribution >= 4 is 34.1 Å². The Morgan fingerprint density at radius 2 is 1.96 bits per heavy atom. The van der Waals surface area contributed by atoms with Crippen molar-refractivity contribution in [3.63, 3.8) is 0 Å². The van der Waals surface area contributed by atoms with Crippen molar-refractivity contribution < 1.29 is 29.1 Å². The fraction of sp³-hybridized carbons (Fsp3) is 0.531. The van der Waals surface area contributed by atoms with E-state index in [4.69, 9.17) is 25.0 Å². The first-order valence-corrected chi connectivity index (χ1v) is 25.5. The van der Waals surface area contributed by atoms with Crippen LogP contribution in [0.1, 0.15) is 119 Å². The highest BCUT2D eigenvalue weighted by molar-refractivity contribution is 7.16. The van der Waals surface area contributed by atoms with Crippen molar-refractivity contribution in [2.75, 3.05) is 50.0 Å². The Hall–Kier alpha value is -7.03. The lowest BCUT2D eigenvalue weighted by atomic mass is 9.72. The summed E-state index contributed by atoms with van der Waals surface area (Å²) >= 11 is 1.47. The number of aromatic hydroxyl groups is 1. The van der Waals surface area contributed by atoms with E-state index in [0.29, 0.717) is 63.5 Å². The maximum atomic E-state index is 14.2. The number of thiophene rings is 1. The van der Waals surface area contributed by atoms with Crippen LogP contribution in [0.4, 0.5) is 10.9 Å². The average Bonchev–Trinajstić information content (AvgIpc) is 4.21. The summed E-state index contributed by atoms with van der Waals surface area (Å²) in [5.74, 6) is 1.24. The summed E-state index contributed by atoms with van der Waals surface area (Å²) in [5, 5.41) is 52.1. The van der Waals surface area contributed by atoms with E-state index in [0.717, 1.165) is 75.1 Å². The number of carbonyl (C=O) groups is 2. The molecule has 6 atom stereocenters. The number of unbranched alkanes of at least 4 members (excludes halogenated alkanes) is 1. The molecule has 1 aliphatic carbocycles. The van der Waals surface area contributed by atoms with Crippen molar-refractivity contribution in [3.05, 3.63) is 76.3 Å². The number of amides is 2. The molecule has 0 unspecified atom stereocenters. The lowest BCUT2D eigenvalue weighted by molar-refractivity contribution is -0.142. The lowest BCUT2D eigenvalue weighted by Gasteiger charge is -2.30. The molecule has 5 N–H and O–H groups in total. The van der Waals surface area contributed by atoms with Crippen molar-refractivity contribution in [3.8, 4) is 34.9 Å². The summed E-state index contributed by atoms with van der Waals surface area (Å²) in [7, 11) is 0. The summed E-state index contributed by atoms with van der Waals surface area (Å²) < 4.78 is 14.9. The van der Waals surface area contributed by atoms with Crippen molar-refractivity contribution in [2.24, 2.45) is 5.92 Å². The van der Waals surface area contributed by atoms with E-state index in [1.54, 1.807) is 61.5 Å². The van der Waals surface area contributed by atoms with E-state index in [-0.39, 0.29) is 36.6 Å². The van der Waals surface area contributed by atoms with Gasteiger partial charge in [0.25, 0.3) is 5.88 Å². The number of nitrogens with zero attached hydrogens (tertiary/aromatic N) is 14. The summed E-state index contributed by atoms with van der Waals surface area (Å²) in [4.78, 5) is 53.7. The second kappa shape index (κ2) is 21.0. The van der Waals surface area contributed by atoms with E-state index in [1.165, 1.54) is 20.9 Å². The molecule has 3 aliphatic rings. The molecule has 2 fully saturated rings.